The molecule has 0 spiro atoms. The van der Waals surface area contributed by atoms with Crippen LogP contribution in [0.1, 0.15) is 39.2 Å². The summed E-state index contributed by atoms with van der Waals surface area (Å²) in [6.45, 7) is 5.96. The van der Waals surface area contributed by atoms with Gasteiger partial charge in [0.2, 0.25) is 10.0 Å². The Kier molecular flexibility index (Phi) is 6.36. The first-order valence-electron chi connectivity index (χ1n) is 7.22. The Morgan fingerprint density at radius 2 is 1.86 bits per heavy atom. The molecule has 0 aliphatic rings. The van der Waals surface area contributed by atoms with E-state index >= 15 is 0 Å². The van der Waals surface area contributed by atoms with E-state index in [-0.39, 0.29) is 24.8 Å². The summed E-state index contributed by atoms with van der Waals surface area (Å²) in [5.41, 5.74) is 6.47. The predicted molar refractivity (Wildman–Crippen MR) is 86.0 cm³/mol. The minimum atomic E-state index is -3.55. The van der Waals surface area contributed by atoms with E-state index in [1.54, 1.807) is 12.1 Å². The highest BCUT2D eigenvalue weighted by Gasteiger charge is 2.26. The van der Waals surface area contributed by atoms with Gasteiger partial charge in [0, 0.05) is 19.0 Å². The molecular weight excluding hydrogens is 286 g/mol. The van der Waals surface area contributed by atoms with Crippen LogP contribution in [-0.4, -0.2) is 31.1 Å². The van der Waals surface area contributed by atoms with Gasteiger partial charge >= 0.3 is 0 Å². The van der Waals surface area contributed by atoms with E-state index in [4.69, 9.17) is 11.1 Å². The Morgan fingerprint density at radius 3 is 2.29 bits per heavy atom. The Hall–Kier alpha value is -1.40. The fraction of sp³-hybridized carbons (Fsp3) is 0.533. The van der Waals surface area contributed by atoms with Gasteiger partial charge in [-0.15, -0.1) is 0 Å². The number of nitrogens with zero attached hydrogens (tertiary/aromatic N) is 1. The third-order valence-electron chi connectivity index (χ3n) is 3.25. The normalized spacial score (nSPS) is 12.0. The van der Waals surface area contributed by atoms with Crippen molar-refractivity contribution in [3.05, 3.63) is 29.8 Å². The van der Waals surface area contributed by atoms with Gasteiger partial charge in [0.25, 0.3) is 0 Å². The van der Waals surface area contributed by atoms with E-state index < -0.39 is 10.0 Å². The summed E-state index contributed by atoms with van der Waals surface area (Å²) >= 11 is 0. The molecule has 0 saturated heterocycles. The number of hydrogen-bond acceptors (Lipinski definition) is 3. The second-order valence-electron chi connectivity index (χ2n) is 5.38. The molecule has 0 atom stereocenters. The lowest BCUT2D eigenvalue weighted by atomic mass is 10.1. The van der Waals surface area contributed by atoms with Crippen LogP contribution in [0.5, 0.6) is 0 Å². The summed E-state index contributed by atoms with van der Waals surface area (Å²) in [5.74, 6) is -0.00542. The van der Waals surface area contributed by atoms with Gasteiger partial charge in [-0.3, -0.25) is 5.41 Å². The van der Waals surface area contributed by atoms with Crippen molar-refractivity contribution in [1.29, 1.82) is 5.41 Å². The second kappa shape index (κ2) is 7.56. The maximum atomic E-state index is 12.7. The molecule has 6 heteroatoms. The largest absolute Gasteiger partial charge is 0.388 e. The number of sulfonamides is 1. The smallest absolute Gasteiger partial charge is 0.243 e. The zero-order valence-electron chi connectivity index (χ0n) is 13.0. The average Bonchev–Trinajstić information content (AvgIpc) is 2.38. The Morgan fingerprint density at radius 1 is 1.29 bits per heavy atom. The van der Waals surface area contributed by atoms with Crippen molar-refractivity contribution in [3.63, 3.8) is 0 Å². The number of nitrogens with two attached hydrogens (primary N) is 1. The summed E-state index contributed by atoms with van der Waals surface area (Å²) in [4.78, 5) is 0.291. The number of rotatable bonds is 8. The highest BCUT2D eigenvalue weighted by molar-refractivity contribution is 7.89. The molecule has 3 N–H and O–H groups in total. The van der Waals surface area contributed by atoms with Gasteiger partial charge in [-0.05, 0) is 38.0 Å². The van der Waals surface area contributed by atoms with Gasteiger partial charge in [-0.2, -0.15) is 4.31 Å². The molecule has 0 aromatic heterocycles. The van der Waals surface area contributed by atoms with E-state index in [0.717, 1.165) is 18.4 Å². The molecule has 0 unspecified atom stereocenters. The van der Waals surface area contributed by atoms with Crippen molar-refractivity contribution in [2.75, 3.05) is 6.54 Å². The molecule has 0 amide bonds. The van der Waals surface area contributed by atoms with Crippen LogP contribution in [0.3, 0.4) is 0 Å². The van der Waals surface area contributed by atoms with Crippen molar-refractivity contribution in [2.45, 2.75) is 51.0 Å². The van der Waals surface area contributed by atoms with Gasteiger partial charge in [0.1, 0.15) is 0 Å². The molecule has 0 saturated carbocycles. The van der Waals surface area contributed by atoms with Crippen molar-refractivity contribution in [3.8, 4) is 0 Å². The number of nitrogens with one attached hydrogen (secondary N) is 1. The van der Waals surface area contributed by atoms with E-state index in [1.807, 2.05) is 26.0 Å². The van der Waals surface area contributed by atoms with Crippen LogP contribution in [0.25, 0.3) is 0 Å². The van der Waals surface area contributed by atoms with E-state index in [0.29, 0.717) is 4.90 Å². The minimum Gasteiger partial charge on any atom is -0.388 e. The van der Waals surface area contributed by atoms with Crippen molar-refractivity contribution in [2.24, 2.45) is 5.73 Å². The molecule has 0 bridgehead atoms. The number of aryl methyl sites for hydroxylation is 1. The van der Waals surface area contributed by atoms with Crippen LogP contribution < -0.4 is 5.73 Å². The van der Waals surface area contributed by atoms with Crippen molar-refractivity contribution in [1.82, 2.24) is 4.31 Å². The summed E-state index contributed by atoms with van der Waals surface area (Å²) < 4.78 is 26.7. The molecule has 1 rings (SSSR count). The minimum absolute atomic E-state index is 0.00542. The molecule has 1 aromatic rings. The highest BCUT2D eigenvalue weighted by Crippen LogP contribution is 2.19. The number of benzene rings is 1. The van der Waals surface area contributed by atoms with Gasteiger partial charge in [-0.25, -0.2) is 8.42 Å². The molecule has 118 valence electrons. The zero-order valence-corrected chi connectivity index (χ0v) is 13.8. The van der Waals surface area contributed by atoms with Crippen LogP contribution in [0.2, 0.25) is 0 Å². The van der Waals surface area contributed by atoms with E-state index in [9.17, 15) is 8.42 Å². The lowest BCUT2D eigenvalue weighted by Crippen LogP contribution is -2.39. The predicted octanol–water partition coefficient (Wildman–Crippen LogP) is 2.36. The SMILES string of the molecule is CCCc1ccc(S(=O)(=O)N(CCC(=N)N)C(C)C)cc1. The van der Waals surface area contributed by atoms with Crippen molar-refractivity contribution < 1.29 is 8.42 Å². The van der Waals surface area contributed by atoms with Crippen LogP contribution in [-0.2, 0) is 16.4 Å². The lowest BCUT2D eigenvalue weighted by Gasteiger charge is -2.25. The third kappa shape index (κ3) is 4.82. The fourth-order valence-electron chi connectivity index (χ4n) is 2.14. The first-order chi connectivity index (χ1) is 9.78. The van der Waals surface area contributed by atoms with Crippen LogP contribution >= 0.6 is 0 Å². The fourth-order valence-corrected chi connectivity index (χ4v) is 3.78. The quantitative estimate of drug-likeness (QED) is 0.570. The lowest BCUT2D eigenvalue weighted by molar-refractivity contribution is 0.361. The maximum Gasteiger partial charge on any atom is 0.243 e. The van der Waals surface area contributed by atoms with Crippen LogP contribution in [0.4, 0.5) is 0 Å². The topological polar surface area (TPSA) is 87.2 Å². The number of amidine groups is 1. The summed E-state index contributed by atoms with van der Waals surface area (Å²) in [6.07, 6.45) is 2.21. The Labute approximate surface area is 127 Å². The van der Waals surface area contributed by atoms with Crippen LogP contribution in [0, 0.1) is 5.41 Å². The zero-order chi connectivity index (χ0) is 16.0. The number of hydrogen-bond donors (Lipinski definition) is 2. The highest BCUT2D eigenvalue weighted by atomic mass is 32.2. The summed E-state index contributed by atoms with van der Waals surface area (Å²) in [5, 5.41) is 7.27. The van der Waals surface area contributed by atoms with Gasteiger partial charge < -0.3 is 5.73 Å². The summed E-state index contributed by atoms with van der Waals surface area (Å²) in [6, 6.07) is 6.86. The van der Waals surface area contributed by atoms with E-state index in [2.05, 4.69) is 6.92 Å². The molecule has 5 nitrogen and oxygen atoms in total. The molecule has 0 aliphatic carbocycles. The van der Waals surface area contributed by atoms with Gasteiger partial charge in [0.05, 0.1) is 10.7 Å². The molecule has 0 heterocycles. The third-order valence-corrected chi connectivity index (χ3v) is 5.34. The molecule has 0 radical (unpaired) electrons. The Balaban J connectivity index is 3.01. The monoisotopic (exact) mass is 311 g/mol. The molecule has 0 fully saturated rings. The summed E-state index contributed by atoms with van der Waals surface area (Å²) in [7, 11) is -3.55. The van der Waals surface area contributed by atoms with Crippen molar-refractivity contribution >= 4 is 15.9 Å². The maximum absolute atomic E-state index is 12.7. The second-order valence-corrected chi connectivity index (χ2v) is 7.27. The molecule has 21 heavy (non-hydrogen) atoms. The molecule has 0 aliphatic heterocycles. The standard InChI is InChI=1S/C15H25N3O2S/c1-4-5-13-6-8-14(9-7-13)21(19,20)18(12(2)3)11-10-15(16)17/h6-9,12H,4-5,10-11H2,1-3H3,(H3,16,17). The average molecular weight is 311 g/mol. The first kappa shape index (κ1) is 17.7. The van der Waals surface area contributed by atoms with Crippen LogP contribution in [0.15, 0.2) is 29.2 Å². The molecular formula is C15H25N3O2S. The van der Waals surface area contributed by atoms with E-state index in [1.165, 1.54) is 4.31 Å². The molecule has 1 aromatic carbocycles. The first-order valence-corrected chi connectivity index (χ1v) is 8.66. The Bertz CT molecular complexity index is 565. The van der Waals surface area contributed by atoms with Gasteiger partial charge in [0.15, 0.2) is 0 Å². The van der Waals surface area contributed by atoms with Gasteiger partial charge in [-0.1, -0.05) is 25.5 Å².